The largest absolute Gasteiger partial charge is 0.404 e. The second kappa shape index (κ2) is 2.53. The van der Waals surface area contributed by atoms with Crippen molar-refractivity contribution in [2.24, 2.45) is 5.73 Å². The Balaban J connectivity index is 2.74. The first-order valence-electron chi connectivity index (χ1n) is 3.17. The molecule has 0 heterocycles. The topological polar surface area (TPSA) is 26.0 Å². The monoisotopic (exact) mass is 121 g/mol. The van der Waals surface area contributed by atoms with Crippen molar-refractivity contribution in [1.29, 1.82) is 0 Å². The Morgan fingerprint density at radius 3 is 2.67 bits per heavy atom. The molecular formula is C8H11N. The molecular weight excluding hydrogens is 110 g/mol. The Morgan fingerprint density at radius 2 is 2.33 bits per heavy atom. The predicted octanol–water partition coefficient (Wildman–Crippen LogP) is 1.74. The zero-order valence-corrected chi connectivity index (χ0v) is 5.59. The Labute approximate surface area is 55.6 Å². The van der Waals surface area contributed by atoms with E-state index in [2.05, 4.69) is 19.1 Å². The minimum Gasteiger partial charge on any atom is -0.404 e. The van der Waals surface area contributed by atoms with Gasteiger partial charge in [-0.2, -0.15) is 0 Å². The molecule has 1 nitrogen and oxygen atoms in total. The Bertz CT molecular complexity index is 185. The molecule has 0 saturated heterocycles. The van der Waals surface area contributed by atoms with Crippen molar-refractivity contribution in [2.75, 3.05) is 0 Å². The normalized spacial score (nSPS) is 21.0. The summed E-state index contributed by atoms with van der Waals surface area (Å²) in [5, 5.41) is 0. The van der Waals surface area contributed by atoms with E-state index in [1.807, 2.05) is 6.08 Å². The van der Waals surface area contributed by atoms with Crippen molar-refractivity contribution in [2.45, 2.75) is 13.3 Å². The van der Waals surface area contributed by atoms with Gasteiger partial charge in [0.05, 0.1) is 0 Å². The summed E-state index contributed by atoms with van der Waals surface area (Å²) < 4.78 is 0. The predicted molar refractivity (Wildman–Crippen MR) is 39.8 cm³/mol. The molecule has 1 aliphatic rings. The highest BCUT2D eigenvalue weighted by atomic mass is 14.5. The van der Waals surface area contributed by atoms with Crippen LogP contribution in [0.15, 0.2) is 35.6 Å². The van der Waals surface area contributed by atoms with Gasteiger partial charge in [-0.3, -0.25) is 0 Å². The lowest BCUT2D eigenvalue weighted by molar-refractivity contribution is 1.16. The zero-order valence-electron chi connectivity index (χ0n) is 5.59. The van der Waals surface area contributed by atoms with Crippen LogP contribution in [0.1, 0.15) is 13.3 Å². The average molecular weight is 121 g/mol. The van der Waals surface area contributed by atoms with Crippen LogP contribution in [0.3, 0.4) is 0 Å². The van der Waals surface area contributed by atoms with Crippen molar-refractivity contribution in [1.82, 2.24) is 0 Å². The van der Waals surface area contributed by atoms with Gasteiger partial charge in [-0.1, -0.05) is 25.2 Å². The maximum Gasteiger partial charge on any atom is 0.00116 e. The summed E-state index contributed by atoms with van der Waals surface area (Å²) >= 11 is 0. The van der Waals surface area contributed by atoms with Crippen LogP contribution >= 0.6 is 0 Å². The minimum absolute atomic E-state index is 1.09. The van der Waals surface area contributed by atoms with Crippen molar-refractivity contribution in [3.8, 4) is 0 Å². The van der Waals surface area contributed by atoms with Crippen LogP contribution in [0.5, 0.6) is 0 Å². The molecule has 0 fully saturated rings. The Hall–Kier alpha value is -0.980. The molecule has 1 aliphatic carbocycles. The van der Waals surface area contributed by atoms with Crippen LogP contribution in [-0.4, -0.2) is 0 Å². The quantitative estimate of drug-likeness (QED) is 0.561. The maximum atomic E-state index is 5.29. The first kappa shape index (κ1) is 6.14. The number of rotatable bonds is 1. The molecule has 0 spiro atoms. The van der Waals surface area contributed by atoms with E-state index < -0.39 is 0 Å². The van der Waals surface area contributed by atoms with Crippen molar-refractivity contribution < 1.29 is 0 Å². The van der Waals surface area contributed by atoms with Crippen molar-refractivity contribution >= 4 is 0 Å². The van der Waals surface area contributed by atoms with Crippen molar-refractivity contribution in [3.63, 3.8) is 0 Å². The highest BCUT2D eigenvalue weighted by Gasteiger charge is 1.96. The van der Waals surface area contributed by atoms with E-state index in [1.54, 1.807) is 6.20 Å². The molecule has 0 radical (unpaired) electrons. The lowest BCUT2D eigenvalue weighted by atomic mass is 10.2. The van der Waals surface area contributed by atoms with Crippen LogP contribution in [0.4, 0.5) is 0 Å². The van der Waals surface area contributed by atoms with Gasteiger partial charge >= 0.3 is 0 Å². The Kier molecular flexibility index (Phi) is 1.73. The molecule has 1 rings (SSSR count). The molecule has 1 heteroatoms. The van der Waals surface area contributed by atoms with E-state index in [-0.39, 0.29) is 0 Å². The van der Waals surface area contributed by atoms with Gasteiger partial charge in [0.15, 0.2) is 0 Å². The van der Waals surface area contributed by atoms with Crippen LogP contribution in [0, 0.1) is 0 Å². The van der Waals surface area contributed by atoms with Crippen LogP contribution in [0.2, 0.25) is 0 Å². The zero-order chi connectivity index (χ0) is 6.69. The molecule has 0 amide bonds. The second-order valence-corrected chi connectivity index (χ2v) is 2.07. The van der Waals surface area contributed by atoms with E-state index in [0.29, 0.717) is 0 Å². The molecule has 0 aromatic heterocycles. The van der Waals surface area contributed by atoms with E-state index in [9.17, 15) is 0 Å². The van der Waals surface area contributed by atoms with Gasteiger partial charge < -0.3 is 5.73 Å². The molecule has 0 aliphatic heterocycles. The summed E-state index contributed by atoms with van der Waals surface area (Å²) in [5.74, 6) is 0. The average Bonchev–Trinajstić information content (AvgIpc) is 2.34. The third-order valence-electron chi connectivity index (χ3n) is 1.44. The third kappa shape index (κ3) is 1.22. The van der Waals surface area contributed by atoms with E-state index >= 15 is 0 Å². The molecule has 0 saturated carbocycles. The van der Waals surface area contributed by atoms with Gasteiger partial charge in [-0.15, -0.1) is 0 Å². The fourth-order valence-corrected chi connectivity index (χ4v) is 0.837. The Morgan fingerprint density at radius 1 is 1.56 bits per heavy atom. The van der Waals surface area contributed by atoms with Gasteiger partial charge in [0, 0.05) is 6.20 Å². The van der Waals surface area contributed by atoms with Gasteiger partial charge in [-0.05, 0) is 17.6 Å². The van der Waals surface area contributed by atoms with Gasteiger partial charge in [0.2, 0.25) is 0 Å². The molecule has 0 bridgehead atoms. The summed E-state index contributed by atoms with van der Waals surface area (Å²) in [5.41, 5.74) is 7.76. The molecule has 9 heavy (non-hydrogen) atoms. The number of hydrogen-bond acceptors (Lipinski definition) is 1. The number of nitrogens with two attached hydrogens (primary N) is 1. The molecule has 0 atom stereocenters. The van der Waals surface area contributed by atoms with Gasteiger partial charge in [-0.25, -0.2) is 0 Å². The fourth-order valence-electron chi connectivity index (χ4n) is 0.837. The summed E-state index contributed by atoms with van der Waals surface area (Å²) in [7, 11) is 0. The summed E-state index contributed by atoms with van der Waals surface area (Å²) in [6.07, 6.45) is 8.94. The molecule has 2 N–H and O–H groups in total. The third-order valence-corrected chi connectivity index (χ3v) is 1.44. The van der Waals surface area contributed by atoms with Crippen LogP contribution in [-0.2, 0) is 0 Å². The van der Waals surface area contributed by atoms with Gasteiger partial charge in [0.1, 0.15) is 0 Å². The van der Waals surface area contributed by atoms with Crippen LogP contribution < -0.4 is 5.73 Å². The number of hydrogen-bond donors (Lipinski definition) is 1. The first-order chi connectivity index (χ1) is 4.36. The number of allylic oxidation sites excluding steroid dienone is 5. The molecule has 0 aromatic rings. The molecule has 48 valence electrons. The van der Waals surface area contributed by atoms with Crippen molar-refractivity contribution in [3.05, 3.63) is 35.6 Å². The summed E-state index contributed by atoms with van der Waals surface area (Å²) in [6, 6.07) is 0. The fraction of sp³-hybridized carbons (Fsp3) is 0.250. The highest BCUT2D eigenvalue weighted by molar-refractivity contribution is 5.45. The lowest BCUT2D eigenvalue weighted by Crippen LogP contribution is -1.79. The summed E-state index contributed by atoms with van der Waals surface area (Å²) in [6.45, 7) is 2.13. The van der Waals surface area contributed by atoms with Crippen LogP contribution in [0.25, 0.3) is 0 Å². The highest BCUT2D eigenvalue weighted by Crippen LogP contribution is 2.15. The standard InChI is InChI=1S/C8H11N/c1-2-7-3-4-8(5-7)6-9/h3-6H,2,9H2,1H3/b8-6+. The smallest absolute Gasteiger partial charge is 0.00116 e. The van der Waals surface area contributed by atoms with E-state index in [1.165, 1.54) is 5.57 Å². The molecule has 0 unspecified atom stereocenters. The summed E-state index contributed by atoms with van der Waals surface area (Å²) in [4.78, 5) is 0. The lowest BCUT2D eigenvalue weighted by Gasteiger charge is -1.86. The second-order valence-electron chi connectivity index (χ2n) is 2.07. The van der Waals surface area contributed by atoms with E-state index in [4.69, 9.17) is 5.73 Å². The minimum atomic E-state index is 1.09. The van der Waals surface area contributed by atoms with E-state index in [0.717, 1.165) is 12.0 Å². The maximum absolute atomic E-state index is 5.29. The first-order valence-corrected chi connectivity index (χ1v) is 3.17. The molecule has 0 aromatic carbocycles. The van der Waals surface area contributed by atoms with Gasteiger partial charge in [0.25, 0.3) is 0 Å². The SMILES string of the molecule is CCC1=C/C(=C/N)C=C1.